The Kier molecular flexibility index (Phi) is 7.06. The summed E-state index contributed by atoms with van der Waals surface area (Å²) in [7, 11) is 0. The Labute approximate surface area is 166 Å². The molecule has 1 aliphatic heterocycles. The van der Waals surface area contributed by atoms with Crippen LogP contribution in [0, 0.1) is 11.8 Å². The Morgan fingerprint density at radius 1 is 1.07 bits per heavy atom. The third kappa shape index (κ3) is 5.57. The second-order valence-electron chi connectivity index (χ2n) is 8.17. The average Bonchev–Trinajstić information content (AvgIpc) is 2.72. The smallest absolute Gasteiger partial charge is 0.253 e. The first-order chi connectivity index (χ1) is 13.5. The Hall–Kier alpha value is -2.37. The molecule has 152 valence electrons. The molecule has 0 bridgehead atoms. The third-order valence-corrected chi connectivity index (χ3v) is 5.96. The maximum atomic E-state index is 12.9. The van der Waals surface area contributed by atoms with Crippen LogP contribution < -0.4 is 11.1 Å². The van der Waals surface area contributed by atoms with Gasteiger partial charge < -0.3 is 16.0 Å². The largest absolute Gasteiger partial charge is 0.370 e. The number of hydrogen-bond acceptors (Lipinski definition) is 3. The molecule has 1 saturated heterocycles. The monoisotopic (exact) mass is 385 g/mol. The summed E-state index contributed by atoms with van der Waals surface area (Å²) in [6.45, 7) is 1.38. The van der Waals surface area contributed by atoms with Crippen LogP contribution >= 0.6 is 0 Å². The van der Waals surface area contributed by atoms with Crippen LogP contribution in [0.3, 0.4) is 0 Å². The minimum Gasteiger partial charge on any atom is -0.370 e. The van der Waals surface area contributed by atoms with Crippen LogP contribution in [0.2, 0.25) is 0 Å². The molecule has 0 radical (unpaired) electrons. The molecular formula is C22H31N3O3. The Morgan fingerprint density at radius 2 is 1.86 bits per heavy atom. The molecule has 2 fully saturated rings. The Balaban J connectivity index is 1.60. The lowest BCUT2D eigenvalue weighted by Crippen LogP contribution is -2.40. The van der Waals surface area contributed by atoms with Gasteiger partial charge in [-0.2, -0.15) is 0 Å². The quantitative estimate of drug-likeness (QED) is 0.787. The van der Waals surface area contributed by atoms with E-state index in [0.29, 0.717) is 30.1 Å². The fourth-order valence-corrected chi connectivity index (χ4v) is 4.35. The average molecular weight is 386 g/mol. The van der Waals surface area contributed by atoms with Crippen LogP contribution in [0.25, 0.3) is 0 Å². The number of carbonyl (C=O) groups excluding carboxylic acids is 3. The zero-order chi connectivity index (χ0) is 19.9. The van der Waals surface area contributed by atoms with Crippen molar-refractivity contribution in [3.8, 4) is 0 Å². The fraction of sp³-hybridized carbons (Fsp3) is 0.591. The van der Waals surface area contributed by atoms with E-state index < -0.39 is 0 Å². The van der Waals surface area contributed by atoms with E-state index in [-0.39, 0.29) is 23.6 Å². The number of amides is 3. The lowest BCUT2D eigenvalue weighted by Gasteiger charge is -2.33. The summed E-state index contributed by atoms with van der Waals surface area (Å²) in [5, 5.41) is 2.99. The molecule has 0 aromatic heterocycles. The van der Waals surface area contributed by atoms with Crippen LogP contribution in [-0.4, -0.2) is 35.7 Å². The number of benzene rings is 1. The maximum Gasteiger partial charge on any atom is 0.253 e. The van der Waals surface area contributed by atoms with Crippen molar-refractivity contribution in [1.29, 1.82) is 0 Å². The van der Waals surface area contributed by atoms with Gasteiger partial charge >= 0.3 is 0 Å². The van der Waals surface area contributed by atoms with Crippen LogP contribution in [0.4, 0.5) is 5.69 Å². The lowest BCUT2D eigenvalue weighted by molar-refractivity contribution is -0.121. The van der Waals surface area contributed by atoms with Crippen molar-refractivity contribution in [3.63, 3.8) is 0 Å². The zero-order valence-corrected chi connectivity index (χ0v) is 16.5. The van der Waals surface area contributed by atoms with E-state index in [1.165, 1.54) is 6.42 Å². The number of rotatable bonds is 6. The predicted octanol–water partition coefficient (Wildman–Crippen LogP) is 3.32. The van der Waals surface area contributed by atoms with Crippen molar-refractivity contribution >= 4 is 23.4 Å². The molecule has 1 aliphatic carbocycles. The van der Waals surface area contributed by atoms with E-state index >= 15 is 0 Å². The van der Waals surface area contributed by atoms with Crippen LogP contribution in [0.5, 0.6) is 0 Å². The molecule has 6 heteroatoms. The molecule has 1 heterocycles. The zero-order valence-electron chi connectivity index (χ0n) is 16.5. The van der Waals surface area contributed by atoms with Crippen LogP contribution in [0.1, 0.15) is 68.1 Å². The van der Waals surface area contributed by atoms with Gasteiger partial charge in [-0.3, -0.25) is 14.4 Å². The number of nitrogens with two attached hydrogens (primary N) is 1. The Morgan fingerprint density at radius 3 is 2.61 bits per heavy atom. The highest BCUT2D eigenvalue weighted by Gasteiger charge is 2.25. The Bertz CT molecular complexity index is 713. The summed E-state index contributed by atoms with van der Waals surface area (Å²) in [5.74, 6) is 0.164. The summed E-state index contributed by atoms with van der Waals surface area (Å²) in [6, 6.07) is 7.23. The van der Waals surface area contributed by atoms with Gasteiger partial charge in [0.05, 0.1) is 0 Å². The molecule has 28 heavy (non-hydrogen) atoms. The van der Waals surface area contributed by atoms with Gasteiger partial charge in [-0.15, -0.1) is 0 Å². The van der Waals surface area contributed by atoms with Gasteiger partial charge in [-0.25, -0.2) is 0 Å². The molecule has 3 N–H and O–H groups in total. The fourth-order valence-electron chi connectivity index (χ4n) is 4.35. The SMILES string of the molecule is NC(=O)CCC1CCCN(C(=O)c2cccc(NC(=O)C3CCCCC3)c2)C1. The summed E-state index contributed by atoms with van der Waals surface area (Å²) >= 11 is 0. The van der Waals surface area contributed by atoms with Crippen molar-refractivity contribution in [3.05, 3.63) is 29.8 Å². The van der Waals surface area contributed by atoms with E-state index in [0.717, 1.165) is 51.5 Å². The summed E-state index contributed by atoms with van der Waals surface area (Å²) in [6.07, 6.45) is 8.40. The number of carbonyl (C=O) groups is 3. The number of likely N-dealkylation sites (tertiary alicyclic amines) is 1. The molecular weight excluding hydrogens is 354 g/mol. The van der Waals surface area contributed by atoms with E-state index in [4.69, 9.17) is 5.73 Å². The standard InChI is InChI=1S/C22H31N3O3/c23-20(26)12-11-16-6-5-13-25(15-16)22(28)18-9-4-10-19(14-18)24-21(27)17-7-2-1-3-8-17/h4,9-10,14,16-17H,1-3,5-8,11-13,15H2,(H2,23,26)(H,24,27). The van der Waals surface area contributed by atoms with Gasteiger partial charge in [-0.05, 0) is 56.2 Å². The van der Waals surface area contributed by atoms with Gasteiger partial charge in [0.25, 0.3) is 5.91 Å². The second-order valence-corrected chi connectivity index (χ2v) is 8.17. The van der Waals surface area contributed by atoms with Crippen molar-refractivity contribution in [2.24, 2.45) is 17.6 Å². The molecule has 2 aliphatic rings. The van der Waals surface area contributed by atoms with Crippen molar-refractivity contribution in [2.45, 2.75) is 57.8 Å². The van der Waals surface area contributed by atoms with Crippen molar-refractivity contribution < 1.29 is 14.4 Å². The van der Waals surface area contributed by atoms with Crippen molar-refractivity contribution in [2.75, 3.05) is 18.4 Å². The van der Waals surface area contributed by atoms with Gasteiger partial charge in [-0.1, -0.05) is 25.3 Å². The molecule has 3 amide bonds. The summed E-state index contributed by atoms with van der Waals surface area (Å²) in [4.78, 5) is 38.3. The highest BCUT2D eigenvalue weighted by Crippen LogP contribution is 2.26. The van der Waals surface area contributed by atoms with E-state index in [2.05, 4.69) is 5.32 Å². The topological polar surface area (TPSA) is 92.5 Å². The molecule has 1 aromatic carbocycles. The van der Waals surface area contributed by atoms with Gasteiger partial charge in [0.1, 0.15) is 0 Å². The second kappa shape index (κ2) is 9.71. The van der Waals surface area contributed by atoms with E-state index in [9.17, 15) is 14.4 Å². The lowest BCUT2D eigenvalue weighted by atomic mass is 9.88. The van der Waals surface area contributed by atoms with E-state index in [1.54, 1.807) is 12.1 Å². The van der Waals surface area contributed by atoms with Crippen LogP contribution in [-0.2, 0) is 9.59 Å². The van der Waals surface area contributed by atoms with E-state index in [1.807, 2.05) is 17.0 Å². The molecule has 1 saturated carbocycles. The third-order valence-electron chi connectivity index (χ3n) is 5.96. The molecule has 1 unspecified atom stereocenters. The minimum atomic E-state index is -0.287. The predicted molar refractivity (Wildman–Crippen MR) is 109 cm³/mol. The first kappa shape index (κ1) is 20.4. The maximum absolute atomic E-state index is 12.9. The summed E-state index contributed by atoms with van der Waals surface area (Å²) < 4.78 is 0. The minimum absolute atomic E-state index is 0.0162. The number of nitrogens with zero attached hydrogens (tertiary/aromatic N) is 1. The molecule has 6 nitrogen and oxygen atoms in total. The highest BCUT2D eigenvalue weighted by atomic mass is 16.2. The number of primary amides is 1. The molecule has 1 atom stereocenters. The summed E-state index contributed by atoms with van der Waals surface area (Å²) in [5.41, 5.74) is 6.53. The molecule has 0 spiro atoms. The normalized spacial score (nSPS) is 20.6. The van der Waals surface area contributed by atoms with Gasteiger partial charge in [0.2, 0.25) is 11.8 Å². The van der Waals surface area contributed by atoms with Crippen LogP contribution in [0.15, 0.2) is 24.3 Å². The first-order valence-electron chi connectivity index (χ1n) is 10.5. The number of hydrogen-bond donors (Lipinski definition) is 2. The number of piperidine rings is 1. The molecule has 3 rings (SSSR count). The van der Waals surface area contributed by atoms with Gasteiger partial charge in [0, 0.05) is 36.7 Å². The molecule has 1 aromatic rings. The number of anilines is 1. The number of nitrogens with one attached hydrogen (secondary N) is 1. The first-order valence-corrected chi connectivity index (χ1v) is 10.5. The van der Waals surface area contributed by atoms with Gasteiger partial charge in [0.15, 0.2) is 0 Å². The van der Waals surface area contributed by atoms with Crippen molar-refractivity contribution in [1.82, 2.24) is 4.90 Å². The highest BCUT2D eigenvalue weighted by molar-refractivity contribution is 5.97.